The van der Waals surface area contributed by atoms with Crippen LogP contribution in [0.25, 0.3) is 11.0 Å². The van der Waals surface area contributed by atoms with Crippen LogP contribution < -0.4 is 0 Å². The SMILES string of the molecule is CC(=O)c1nn(CC(=O)N2[C@@H]3C[C@@H]3C[C@H]2C(=O)CCC2C(C)(C)C2(C)C)c2ncccc12. The van der Waals surface area contributed by atoms with Gasteiger partial charge in [-0.2, -0.15) is 5.10 Å². The zero-order valence-corrected chi connectivity index (χ0v) is 19.6. The Kier molecular flexibility index (Phi) is 4.63. The molecule has 2 aromatic heterocycles. The maximum absolute atomic E-state index is 13.3. The van der Waals surface area contributed by atoms with Crippen molar-refractivity contribution in [2.24, 2.45) is 22.7 Å². The summed E-state index contributed by atoms with van der Waals surface area (Å²) in [5, 5.41) is 5.03. The average molecular weight is 437 g/mol. The van der Waals surface area contributed by atoms with Crippen molar-refractivity contribution < 1.29 is 14.4 Å². The third-order valence-corrected chi connectivity index (χ3v) is 8.89. The number of hydrogen-bond acceptors (Lipinski definition) is 5. The van der Waals surface area contributed by atoms with Crippen LogP contribution in [0.3, 0.4) is 0 Å². The van der Waals surface area contributed by atoms with E-state index in [1.807, 2.05) is 4.90 Å². The number of aromatic nitrogens is 3. The third-order valence-electron chi connectivity index (χ3n) is 8.89. The van der Waals surface area contributed by atoms with Gasteiger partial charge in [0.05, 0.1) is 11.4 Å². The number of piperidine rings is 1. The normalized spacial score (nSPS) is 27.4. The minimum absolute atomic E-state index is 0.00349. The highest BCUT2D eigenvalue weighted by Gasteiger charge is 2.64. The summed E-state index contributed by atoms with van der Waals surface area (Å²) in [4.78, 5) is 44.7. The third kappa shape index (κ3) is 3.11. The Morgan fingerprint density at radius 1 is 1.12 bits per heavy atom. The van der Waals surface area contributed by atoms with Crippen molar-refractivity contribution >= 4 is 28.5 Å². The molecule has 3 heterocycles. The molecule has 0 bridgehead atoms. The predicted molar refractivity (Wildman–Crippen MR) is 120 cm³/mol. The fraction of sp³-hybridized carbons (Fsp3) is 0.640. The Bertz CT molecular complexity index is 1120. The molecule has 3 fully saturated rings. The first-order valence-electron chi connectivity index (χ1n) is 11.7. The average Bonchev–Trinajstić information content (AvgIpc) is 3.39. The predicted octanol–water partition coefficient (Wildman–Crippen LogP) is 3.65. The minimum atomic E-state index is -0.321. The number of nitrogens with zero attached hydrogens (tertiary/aromatic N) is 4. The van der Waals surface area contributed by atoms with Gasteiger partial charge in [-0.05, 0) is 54.1 Å². The summed E-state index contributed by atoms with van der Waals surface area (Å²) in [5.74, 6) is 0.923. The summed E-state index contributed by atoms with van der Waals surface area (Å²) in [6, 6.07) is 3.41. The first-order chi connectivity index (χ1) is 15.0. The molecule has 2 aliphatic carbocycles. The Morgan fingerprint density at radius 3 is 2.50 bits per heavy atom. The molecule has 0 spiro atoms. The first-order valence-corrected chi connectivity index (χ1v) is 11.7. The summed E-state index contributed by atoms with van der Waals surface area (Å²) in [5.41, 5.74) is 1.39. The molecule has 170 valence electrons. The van der Waals surface area contributed by atoms with Crippen molar-refractivity contribution in [3.05, 3.63) is 24.0 Å². The second-order valence-electron chi connectivity index (χ2n) is 11.1. The zero-order chi connectivity index (χ0) is 23.0. The van der Waals surface area contributed by atoms with Gasteiger partial charge in [0.1, 0.15) is 12.2 Å². The highest BCUT2D eigenvalue weighted by Crippen LogP contribution is 2.70. The summed E-state index contributed by atoms with van der Waals surface area (Å²) in [7, 11) is 0. The molecule has 2 aromatic rings. The summed E-state index contributed by atoms with van der Waals surface area (Å²) >= 11 is 0. The molecule has 1 aliphatic heterocycles. The van der Waals surface area contributed by atoms with Crippen LogP contribution in [0.2, 0.25) is 0 Å². The lowest BCUT2D eigenvalue weighted by Crippen LogP contribution is -2.44. The van der Waals surface area contributed by atoms with Crippen molar-refractivity contribution in [1.29, 1.82) is 0 Å². The van der Waals surface area contributed by atoms with Gasteiger partial charge in [0.2, 0.25) is 5.91 Å². The number of rotatable bonds is 7. The van der Waals surface area contributed by atoms with E-state index in [9.17, 15) is 14.4 Å². The van der Waals surface area contributed by atoms with Crippen molar-refractivity contribution in [3.8, 4) is 0 Å². The summed E-state index contributed by atoms with van der Waals surface area (Å²) < 4.78 is 1.51. The molecule has 0 unspecified atom stereocenters. The Labute approximate surface area is 188 Å². The Balaban J connectivity index is 1.31. The number of likely N-dealkylation sites (tertiary alicyclic amines) is 1. The maximum Gasteiger partial charge on any atom is 0.245 e. The van der Waals surface area contributed by atoms with Crippen molar-refractivity contribution in [3.63, 3.8) is 0 Å². The molecule has 0 radical (unpaired) electrons. The molecular weight excluding hydrogens is 404 g/mol. The molecule has 7 nitrogen and oxygen atoms in total. The van der Waals surface area contributed by atoms with Gasteiger partial charge in [-0.25, -0.2) is 9.67 Å². The zero-order valence-electron chi connectivity index (χ0n) is 19.6. The van der Waals surface area contributed by atoms with Crippen LogP contribution >= 0.6 is 0 Å². The molecule has 5 rings (SSSR count). The van der Waals surface area contributed by atoms with E-state index in [2.05, 4.69) is 37.8 Å². The lowest BCUT2D eigenvalue weighted by molar-refractivity contribution is -0.139. The lowest BCUT2D eigenvalue weighted by atomic mass is 9.99. The lowest BCUT2D eigenvalue weighted by Gasteiger charge is -2.27. The van der Waals surface area contributed by atoms with E-state index in [0.29, 0.717) is 35.0 Å². The number of pyridine rings is 1. The van der Waals surface area contributed by atoms with E-state index < -0.39 is 0 Å². The highest BCUT2D eigenvalue weighted by molar-refractivity contribution is 6.04. The van der Waals surface area contributed by atoms with E-state index in [-0.39, 0.29) is 46.9 Å². The van der Waals surface area contributed by atoms with E-state index in [0.717, 1.165) is 19.3 Å². The van der Waals surface area contributed by atoms with Crippen molar-refractivity contribution in [2.45, 2.75) is 78.9 Å². The van der Waals surface area contributed by atoms with Crippen LogP contribution in [0, 0.1) is 22.7 Å². The van der Waals surface area contributed by atoms with Gasteiger partial charge < -0.3 is 4.90 Å². The van der Waals surface area contributed by atoms with E-state index in [1.54, 1.807) is 18.3 Å². The molecule has 1 saturated heterocycles. The van der Waals surface area contributed by atoms with E-state index in [1.165, 1.54) is 11.6 Å². The summed E-state index contributed by atoms with van der Waals surface area (Å²) in [6.45, 7) is 10.6. The molecular formula is C25H32N4O3. The van der Waals surface area contributed by atoms with Crippen LogP contribution in [0.5, 0.6) is 0 Å². The van der Waals surface area contributed by atoms with Gasteiger partial charge in [-0.15, -0.1) is 0 Å². The van der Waals surface area contributed by atoms with Crippen LogP contribution in [-0.4, -0.2) is 49.2 Å². The van der Waals surface area contributed by atoms with Gasteiger partial charge >= 0.3 is 0 Å². The monoisotopic (exact) mass is 436 g/mol. The quantitative estimate of drug-likeness (QED) is 0.619. The number of fused-ring (bicyclic) bond motifs is 2. The molecule has 3 atom stereocenters. The fourth-order valence-corrected chi connectivity index (χ4v) is 6.20. The van der Waals surface area contributed by atoms with Gasteiger partial charge in [0.15, 0.2) is 17.2 Å². The molecule has 3 aliphatic rings. The van der Waals surface area contributed by atoms with Crippen LogP contribution in [0.4, 0.5) is 0 Å². The maximum atomic E-state index is 13.3. The molecule has 32 heavy (non-hydrogen) atoms. The number of amides is 1. The first kappa shape index (κ1) is 21.3. The van der Waals surface area contributed by atoms with Gasteiger partial charge in [-0.3, -0.25) is 14.4 Å². The van der Waals surface area contributed by atoms with E-state index >= 15 is 0 Å². The molecule has 2 saturated carbocycles. The van der Waals surface area contributed by atoms with E-state index in [4.69, 9.17) is 0 Å². The summed E-state index contributed by atoms with van der Waals surface area (Å²) in [6.07, 6.45) is 4.82. The standard InChI is InChI=1S/C25H32N4O3/c1-14(30)22-16-7-6-10-26-23(16)28(27-22)13-21(32)29-17-11-15(17)12-18(29)19(31)8-9-20-24(2,3)25(20,4)5/h6-7,10,15,17-18,20H,8-9,11-13H2,1-5H3/t15-,17-,18+/m1/s1. The topological polar surface area (TPSA) is 85.2 Å². The van der Waals surface area contributed by atoms with Gasteiger partial charge in [0, 0.05) is 25.6 Å². The van der Waals surface area contributed by atoms with Crippen LogP contribution in [0.1, 0.15) is 70.8 Å². The molecule has 7 heteroatoms. The minimum Gasteiger partial charge on any atom is -0.328 e. The molecule has 0 N–H and O–H groups in total. The largest absolute Gasteiger partial charge is 0.328 e. The van der Waals surface area contributed by atoms with Gasteiger partial charge in [0.25, 0.3) is 0 Å². The van der Waals surface area contributed by atoms with Gasteiger partial charge in [-0.1, -0.05) is 27.7 Å². The Hall–Kier alpha value is -2.57. The smallest absolute Gasteiger partial charge is 0.245 e. The fourth-order valence-electron chi connectivity index (χ4n) is 6.20. The highest BCUT2D eigenvalue weighted by atomic mass is 16.2. The second kappa shape index (κ2) is 6.96. The number of carbonyl (C=O) groups is 3. The number of hydrogen-bond donors (Lipinski definition) is 0. The number of carbonyl (C=O) groups excluding carboxylic acids is 3. The molecule has 1 amide bonds. The van der Waals surface area contributed by atoms with Crippen molar-refractivity contribution in [1.82, 2.24) is 19.7 Å². The number of ketones is 2. The van der Waals surface area contributed by atoms with Crippen LogP contribution in [-0.2, 0) is 16.1 Å². The molecule has 0 aromatic carbocycles. The number of Topliss-reactive ketones (excluding diaryl/α,β-unsaturated/α-hetero) is 2. The van der Waals surface area contributed by atoms with Crippen LogP contribution in [0.15, 0.2) is 18.3 Å². The van der Waals surface area contributed by atoms with Crippen molar-refractivity contribution in [2.75, 3.05) is 0 Å². The Morgan fingerprint density at radius 2 is 1.84 bits per heavy atom. The second-order valence-corrected chi connectivity index (χ2v) is 11.1.